The SMILES string of the molecule is CC(C)c1ccc(C(=O)N2CCC(C(O)c3cccs3)CC2)c(=O)[nH]1. The first-order chi connectivity index (χ1) is 12.0. The molecule has 3 rings (SSSR count). The molecule has 6 heteroatoms. The highest BCUT2D eigenvalue weighted by Crippen LogP contribution is 2.33. The average Bonchev–Trinajstić information content (AvgIpc) is 3.15. The summed E-state index contributed by atoms with van der Waals surface area (Å²) in [5, 5.41) is 12.4. The van der Waals surface area contributed by atoms with E-state index in [1.807, 2.05) is 37.4 Å². The van der Waals surface area contributed by atoms with E-state index < -0.39 is 6.10 Å². The van der Waals surface area contributed by atoms with Gasteiger partial charge in [0.25, 0.3) is 11.5 Å². The molecule has 1 amide bonds. The molecule has 1 aliphatic rings. The Morgan fingerprint density at radius 1 is 1.28 bits per heavy atom. The molecule has 1 aliphatic heterocycles. The van der Waals surface area contributed by atoms with Gasteiger partial charge < -0.3 is 15.0 Å². The third-order valence-electron chi connectivity index (χ3n) is 4.89. The van der Waals surface area contributed by atoms with Gasteiger partial charge in [-0.15, -0.1) is 11.3 Å². The van der Waals surface area contributed by atoms with E-state index in [2.05, 4.69) is 4.98 Å². The van der Waals surface area contributed by atoms with E-state index in [1.165, 1.54) is 0 Å². The summed E-state index contributed by atoms with van der Waals surface area (Å²) >= 11 is 1.56. The largest absolute Gasteiger partial charge is 0.387 e. The van der Waals surface area contributed by atoms with Crippen LogP contribution >= 0.6 is 11.3 Å². The Morgan fingerprint density at radius 3 is 2.56 bits per heavy atom. The minimum atomic E-state index is -0.467. The lowest BCUT2D eigenvalue weighted by molar-refractivity contribution is 0.0473. The van der Waals surface area contributed by atoms with Crippen molar-refractivity contribution in [3.63, 3.8) is 0 Å². The zero-order valence-corrected chi connectivity index (χ0v) is 15.4. The number of rotatable bonds is 4. The molecule has 1 atom stereocenters. The van der Waals surface area contributed by atoms with Gasteiger partial charge >= 0.3 is 0 Å². The fraction of sp³-hybridized carbons (Fsp3) is 0.474. The van der Waals surface area contributed by atoms with Gasteiger partial charge in [-0.05, 0) is 48.3 Å². The second-order valence-corrected chi connectivity index (χ2v) is 7.88. The summed E-state index contributed by atoms with van der Waals surface area (Å²) in [6.07, 6.45) is 1.02. The topological polar surface area (TPSA) is 73.4 Å². The second kappa shape index (κ2) is 7.54. The van der Waals surface area contributed by atoms with Gasteiger partial charge in [-0.3, -0.25) is 9.59 Å². The monoisotopic (exact) mass is 360 g/mol. The molecule has 25 heavy (non-hydrogen) atoms. The molecule has 0 aromatic carbocycles. The standard InChI is InChI=1S/C19H24N2O3S/c1-12(2)15-6-5-14(18(23)20-15)19(24)21-9-7-13(8-10-21)17(22)16-4-3-11-25-16/h3-6,11-13,17,22H,7-10H2,1-2H3,(H,20,23). The van der Waals surface area contributed by atoms with Crippen molar-refractivity contribution in [2.75, 3.05) is 13.1 Å². The molecule has 0 aliphatic carbocycles. The lowest BCUT2D eigenvalue weighted by Gasteiger charge is -2.34. The number of thiophene rings is 1. The molecular weight excluding hydrogens is 336 g/mol. The Bertz CT molecular complexity index is 774. The van der Waals surface area contributed by atoms with Crippen LogP contribution in [0.3, 0.4) is 0 Å². The van der Waals surface area contributed by atoms with Gasteiger partial charge in [0.1, 0.15) is 5.56 Å². The maximum atomic E-state index is 12.7. The van der Waals surface area contributed by atoms with Gasteiger partial charge in [0, 0.05) is 23.7 Å². The van der Waals surface area contributed by atoms with E-state index in [0.29, 0.717) is 13.1 Å². The van der Waals surface area contributed by atoms with Crippen LogP contribution in [0.15, 0.2) is 34.4 Å². The third kappa shape index (κ3) is 3.85. The number of carbonyl (C=O) groups excluding carboxylic acids is 1. The third-order valence-corrected chi connectivity index (χ3v) is 5.84. The number of aromatic amines is 1. The van der Waals surface area contributed by atoms with Crippen LogP contribution in [0.25, 0.3) is 0 Å². The van der Waals surface area contributed by atoms with Crippen molar-refractivity contribution in [3.05, 3.63) is 56.1 Å². The number of likely N-dealkylation sites (tertiary alicyclic amines) is 1. The van der Waals surface area contributed by atoms with Crippen molar-refractivity contribution < 1.29 is 9.90 Å². The number of carbonyl (C=O) groups is 1. The molecular formula is C19H24N2O3S. The van der Waals surface area contributed by atoms with Gasteiger partial charge in [-0.2, -0.15) is 0 Å². The van der Waals surface area contributed by atoms with Crippen LogP contribution < -0.4 is 5.56 Å². The van der Waals surface area contributed by atoms with E-state index in [0.717, 1.165) is 23.4 Å². The van der Waals surface area contributed by atoms with Crippen LogP contribution in [-0.2, 0) is 0 Å². The maximum absolute atomic E-state index is 12.7. The smallest absolute Gasteiger partial charge is 0.261 e. The van der Waals surface area contributed by atoms with Crippen LogP contribution in [-0.4, -0.2) is 34.0 Å². The van der Waals surface area contributed by atoms with Gasteiger partial charge in [0.2, 0.25) is 0 Å². The first kappa shape index (κ1) is 17.9. The molecule has 5 nitrogen and oxygen atoms in total. The number of piperidine rings is 1. The average molecular weight is 360 g/mol. The zero-order chi connectivity index (χ0) is 18.0. The molecule has 0 spiro atoms. The fourth-order valence-electron chi connectivity index (χ4n) is 3.27. The number of pyridine rings is 1. The van der Waals surface area contributed by atoms with Gasteiger partial charge in [-0.1, -0.05) is 19.9 Å². The predicted octanol–water partition coefficient (Wildman–Crippen LogP) is 3.15. The summed E-state index contributed by atoms with van der Waals surface area (Å²) in [4.78, 5) is 30.4. The van der Waals surface area contributed by atoms with E-state index in [1.54, 1.807) is 22.3 Å². The minimum absolute atomic E-state index is 0.157. The van der Waals surface area contributed by atoms with E-state index in [4.69, 9.17) is 0 Å². The van der Waals surface area contributed by atoms with E-state index in [-0.39, 0.29) is 28.9 Å². The Balaban J connectivity index is 1.65. The number of nitrogens with zero attached hydrogens (tertiary/aromatic N) is 1. The van der Waals surface area contributed by atoms with Crippen molar-refractivity contribution in [1.29, 1.82) is 0 Å². The maximum Gasteiger partial charge on any atom is 0.261 e. The van der Waals surface area contributed by atoms with Crippen LogP contribution in [0.2, 0.25) is 0 Å². The molecule has 2 aromatic heterocycles. The van der Waals surface area contributed by atoms with Crippen molar-refractivity contribution >= 4 is 17.2 Å². The fourth-order valence-corrected chi connectivity index (χ4v) is 4.08. The molecule has 0 bridgehead atoms. The molecule has 0 radical (unpaired) electrons. The first-order valence-electron chi connectivity index (χ1n) is 8.71. The number of H-pyrrole nitrogens is 1. The summed E-state index contributed by atoms with van der Waals surface area (Å²) in [5.41, 5.74) is 0.706. The molecule has 3 heterocycles. The Kier molecular flexibility index (Phi) is 5.39. The Morgan fingerprint density at radius 2 is 2.00 bits per heavy atom. The number of amides is 1. The molecule has 0 saturated carbocycles. The van der Waals surface area contributed by atoms with E-state index in [9.17, 15) is 14.7 Å². The second-order valence-electron chi connectivity index (χ2n) is 6.90. The molecule has 1 saturated heterocycles. The number of hydrogen-bond acceptors (Lipinski definition) is 4. The summed E-state index contributed by atoms with van der Waals surface area (Å²) in [7, 11) is 0. The molecule has 1 fully saturated rings. The summed E-state index contributed by atoms with van der Waals surface area (Å²) in [6, 6.07) is 7.33. The van der Waals surface area contributed by atoms with Gasteiger partial charge in [-0.25, -0.2) is 0 Å². The van der Waals surface area contributed by atoms with Crippen molar-refractivity contribution in [3.8, 4) is 0 Å². The highest BCUT2D eigenvalue weighted by Gasteiger charge is 2.29. The van der Waals surface area contributed by atoms with Crippen LogP contribution in [0.1, 0.15) is 59.6 Å². The van der Waals surface area contributed by atoms with Crippen LogP contribution in [0.4, 0.5) is 0 Å². The molecule has 1 unspecified atom stereocenters. The summed E-state index contributed by atoms with van der Waals surface area (Å²) in [6.45, 7) is 5.13. The van der Waals surface area contributed by atoms with Crippen molar-refractivity contribution in [1.82, 2.24) is 9.88 Å². The van der Waals surface area contributed by atoms with Gasteiger partial charge in [0.15, 0.2) is 0 Å². The number of aliphatic hydroxyl groups is 1. The quantitative estimate of drug-likeness (QED) is 0.880. The highest BCUT2D eigenvalue weighted by atomic mass is 32.1. The lowest BCUT2D eigenvalue weighted by Crippen LogP contribution is -2.41. The highest BCUT2D eigenvalue weighted by molar-refractivity contribution is 7.10. The number of aliphatic hydroxyl groups excluding tert-OH is 1. The number of nitrogens with one attached hydrogen (secondary N) is 1. The molecule has 134 valence electrons. The molecule has 2 N–H and O–H groups in total. The normalized spacial score (nSPS) is 17.0. The van der Waals surface area contributed by atoms with E-state index >= 15 is 0 Å². The van der Waals surface area contributed by atoms with Gasteiger partial charge in [0.05, 0.1) is 6.10 Å². The minimum Gasteiger partial charge on any atom is -0.387 e. The van der Waals surface area contributed by atoms with Crippen molar-refractivity contribution in [2.24, 2.45) is 5.92 Å². The summed E-state index contributed by atoms with van der Waals surface area (Å²) in [5.74, 6) is 0.149. The lowest BCUT2D eigenvalue weighted by atomic mass is 9.90. The Hall–Kier alpha value is -1.92. The van der Waals surface area contributed by atoms with Crippen molar-refractivity contribution in [2.45, 2.75) is 38.7 Å². The van der Waals surface area contributed by atoms with Crippen LogP contribution in [0.5, 0.6) is 0 Å². The molecule has 2 aromatic rings. The zero-order valence-electron chi connectivity index (χ0n) is 14.6. The Labute approximate surface area is 151 Å². The number of hydrogen-bond donors (Lipinski definition) is 2. The predicted molar refractivity (Wildman–Crippen MR) is 99.1 cm³/mol. The summed E-state index contributed by atoms with van der Waals surface area (Å²) < 4.78 is 0. The first-order valence-corrected chi connectivity index (χ1v) is 9.59. The van der Waals surface area contributed by atoms with Crippen LogP contribution in [0, 0.1) is 5.92 Å². The number of aromatic nitrogens is 1.